The lowest BCUT2D eigenvalue weighted by Gasteiger charge is -2.05. The maximum atomic E-state index is 11.5. The number of hydrogen-bond acceptors (Lipinski definition) is 2. The maximum absolute atomic E-state index is 11.5. The summed E-state index contributed by atoms with van der Waals surface area (Å²) in [7, 11) is 0. The first-order valence-corrected chi connectivity index (χ1v) is 3.09. The van der Waals surface area contributed by atoms with Crippen molar-refractivity contribution in [1.82, 2.24) is 0 Å². The van der Waals surface area contributed by atoms with Crippen LogP contribution in [0.2, 0.25) is 0 Å². The summed E-state index contributed by atoms with van der Waals surface area (Å²) in [4.78, 5) is 8.09. The summed E-state index contributed by atoms with van der Waals surface area (Å²) in [5.74, 6) is -2.59. The van der Waals surface area contributed by atoms with Gasteiger partial charge < -0.3 is 0 Å². The molecule has 0 fully saturated rings. The summed E-state index contributed by atoms with van der Waals surface area (Å²) in [6.07, 6.45) is -11.0. The Hall–Kier alpha value is -0.660. The maximum Gasteiger partial charge on any atom is 0.454 e. The Kier molecular flexibility index (Phi) is 3.42. The van der Waals surface area contributed by atoms with Crippen molar-refractivity contribution < 1.29 is 31.1 Å². The van der Waals surface area contributed by atoms with E-state index in [0.717, 1.165) is 0 Å². The van der Waals surface area contributed by atoms with Crippen molar-refractivity contribution in [2.75, 3.05) is 0 Å². The van der Waals surface area contributed by atoms with E-state index < -0.39 is 29.1 Å². The first-order chi connectivity index (χ1) is 5.55. The van der Waals surface area contributed by atoms with E-state index in [0.29, 0.717) is 0 Å². The summed E-state index contributed by atoms with van der Waals surface area (Å²) >= 11 is 2.70. The van der Waals surface area contributed by atoms with Crippen molar-refractivity contribution in [3.05, 3.63) is 11.0 Å². The van der Waals surface area contributed by atoms with Crippen LogP contribution in [0.4, 0.5) is 26.3 Å². The van der Waals surface area contributed by atoms with Crippen molar-refractivity contribution in [3.8, 4) is 0 Å². The van der Waals surface area contributed by atoms with Gasteiger partial charge in [-0.1, -0.05) is 0 Å². The lowest BCUT2D eigenvalue weighted by molar-refractivity contribution is -0.165. The lowest BCUT2D eigenvalue weighted by Crippen LogP contribution is -2.22. The molecule has 0 aromatic carbocycles. The van der Waals surface area contributed by atoms with E-state index in [4.69, 9.17) is 0 Å². The SMILES string of the molecule is O=C(C=C(S)C(F)(F)F)C(F)(F)F. The van der Waals surface area contributed by atoms with Gasteiger partial charge in [0.05, 0.1) is 4.91 Å². The Bertz CT molecular complexity index is 236. The smallest absolute Gasteiger partial charge is 0.285 e. The number of allylic oxidation sites excluding steroid dienone is 2. The molecule has 0 N–H and O–H groups in total. The third-order valence-electron chi connectivity index (χ3n) is 0.838. The molecule has 0 atom stereocenters. The van der Waals surface area contributed by atoms with Gasteiger partial charge in [-0.05, 0) is 0 Å². The predicted molar refractivity (Wildman–Crippen MR) is 34.2 cm³/mol. The zero-order chi connectivity index (χ0) is 10.9. The van der Waals surface area contributed by atoms with Crippen LogP contribution < -0.4 is 0 Å². The lowest BCUT2D eigenvalue weighted by atomic mass is 10.3. The summed E-state index contributed by atoms with van der Waals surface area (Å²) in [5, 5.41) is 0. The van der Waals surface area contributed by atoms with Crippen LogP contribution in [0.15, 0.2) is 11.0 Å². The molecule has 1 nitrogen and oxygen atoms in total. The van der Waals surface area contributed by atoms with Crippen LogP contribution in [0.1, 0.15) is 0 Å². The highest BCUT2D eigenvalue weighted by Gasteiger charge is 2.40. The number of rotatable bonds is 1. The fourth-order valence-electron chi connectivity index (χ4n) is 0.288. The molecular weight excluding hydrogens is 222 g/mol. The van der Waals surface area contributed by atoms with Crippen LogP contribution in [0.5, 0.6) is 0 Å². The number of hydrogen-bond donors (Lipinski definition) is 1. The van der Waals surface area contributed by atoms with E-state index in [2.05, 4.69) is 12.6 Å². The zero-order valence-corrected chi connectivity index (χ0v) is 6.60. The molecule has 0 heterocycles. The number of carbonyl (C=O) groups is 1. The molecule has 0 saturated heterocycles. The number of carbonyl (C=O) groups excluding carboxylic acids is 1. The monoisotopic (exact) mass is 224 g/mol. The Morgan fingerprint density at radius 1 is 1.00 bits per heavy atom. The normalized spacial score (nSPS) is 14.5. The van der Waals surface area contributed by atoms with E-state index in [1.807, 2.05) is 0 Å². The van der Waals surface area contributed by atoms with Crippen LogP contribution in [0.25, 0.3) is 0 Å². The fourth-order valence-corrected chi connectivity index (χ4v) is 0.405. The quantitative estimate of drug-likeness (QED) is 0.411. The zero-order valence-electron chi connectivity index (χ0n) is 5.70. The second-order valence-corrected chi connectivity index (χ2v) is 2.37. The van der Waals surface area contributed by atoms with Gasteiger partial charge in [0.15, 0.2) is 0 Å². The van der Waals surface area contributed by atoms with Gasteiger partial charge in [0.2, 0.25) is 0 Å². The van der Waals surface area contributed by atoms with Gasteiger partial charge in [-0.25, -0.2) is 0 Å². The van der Waals surface area contributed by atoms with Gasteiger partial charge in [-0.3, -0.25) is 4.79 Å². The number of halogens is 6. The van der Waals surface area contributed by atoms with E-state index in [1.165, 1.54) is 0 Å². The third-order valence-corrected chi connectivity index (χ3v) is 1.22. The summed E-state index contributed by atoms with van der Waals surface area (Å²) in [6.45, 7) is 0. The summed E-state index contributed by atoms with van der Waals surface area (Å²) in [5.41, 5.74) is 0. The van der Waals surface area contributed by atoms with Crippen molar-refractivity contribution in [1.29, 1.82) is 0 Å². The van der Waals surface area contributed by atoms with Gasteiger partial charge in [0, 0.05) is 6.08 Å². The van der Waals surface area contributed by atoms with Crippen molar-refractivity contribution in [2.45, 2.75) is 12.4 Å². The van der Waals surface area contributed by atoms with E-state index in [-0.39, 0.29) is 0 Å². The molecule has 0 amide bonds. The molecule has 8 heteroatoms. The van der Waals surface area contributed by atoms with Gasteiger partial charge in [0.1, 0.15) is 0 Å². The molecule has 0 radical (unpaired) electrons. The van der Waals surface area contributed by atoms with Crippen LogP contribution in [-0.2, 0) is 4.79 Å². The Morgan fingerprint density at radius 2 is 1.38 bits per heavy atom. The number of ketones is 1. The molecule has 76 valence electrons. The molecule has 0 rings (SSSR count). The minimum absolute atomic E-state index is 0.608. The van der Waals surface area contributed by atoms with Crippen LogP contribution >= 0.6 is 12.6 Å². The third kappa shape index (κ3) is 4.20. The first-order valence-electron chi connectivity index (χ1n) is 2.64. The molecule has 13 heavy (non-hydrogen) atoms. The Morgan fingerprint density at radius 3 is 1.62 bits per heavy atom. The molecule has 0 unspecified atom stereocenters. The molecule has 0 aliphatic carbocycles. The molecule has 0 aromatic rings. The standard InChI is InChI=1S/C5H2F6OS/c6-4(7,8)2(12)1-3(13)5(9,10)11/h1,13H. The molecule has 0 saturated carbocycles. The summed E-state index contributed by atoms with van der Waals surface area (Å²) in [6, 6.07) is 0. The summed E-state index contributed by atoms with van der Waals surface area (Å²) < 4.78 is 68.8. The van der Waals surface area contributed by atoms with Gasteiger partial charge in [-0.15, -0.1) is 12.6 Å². The Labute approximate surface area is 73.8 Å². The molecule has 0 spiro atoms. The van der Waals surface area contributed by atoms with E-state index in [9.17, 15) is 31.1 Å². The molecular formula is C5H2F6OS. The predicted octanol–water partition coefficient (Wildman–Crippen LogP) is 2.49. The average molecular weight is 224 g/mol. The van der Waals surface area contributed by atoms with Crippen LogP contribution in [-0.4, -0.2) is 18.1 Å². The highest BCUT2D eigenvalue weighted by Crippen LogP contribution is 2.29. The van der Waals surface area contributed by atoms with Gasteiger partial charge in [0.25, 0.3) is 5.78 Å². The average Bonchev–Trinajstić information content (AvgIpc) is 1.82. The minimum atomic E-state index is -5.31. The molecule has 0 aliphatic rings. The van der Waals surface area contributed by atoms with Crippen molar-refractivity contribution >= 4 is 18.4 Å². The number of thiol groups is 1. The minimum Gasteiger partial charge on any atom is -0.285 e. The second kappa shape index (κ2) is 3.60. The van der Waals surface area contributed by atoms with Gasteiger partial charge in [-0.2, -0.15) is 26.3 Å². The molecule has 0 aliphatic heterocycles. The number of alkyl halides is 6. The second-order valence-electron chi connectivity index (χ2n) is 1.89. The highest BCUT2D eigenvalue weighted by atomic mass is 32.1. The Balaban J connectivity index is 4.70. The van der Waals surface area contributed by atoms with Crippen molar-refractivity contribution in [2.24, 2.45) is 0 Å². The van der Waals surface area contributed by atoms with E-state index >= 15 is 0 Å². The largest absolute Gasteiger partial charge is 0.454 e. The topological polar surface area (TPSA) is 17.1 Å². The highest BCUT2D eigenvalue weighted by molar-refractivity contribution is 7.84. The molecule has 0 bridgehead atoms. The van der Waals surface area contributed by atoms with Crippen LogP contribution in [0.3, 0.4) is 0 Å². The van der Waals surface area contributed by atoms with E-state index in [1.54, 1.807) is 0 Å². The first kappa shape index (κ1) is 12.3. The van der Waals surface area contributed by atoms with Crippen LogP contribution in [0, 0.1) is 0 Å². The fraction of sp³-hybridized carbons (Fsp3) is 0.400. The molecule has 0 aromatic heterocycles. The van der Waals surface area contributed by atoms with Gasteiger partial charge >= 0.3 is 12.4 Å². The van der Waals surface area contributed by atoms with Crippen molar-refractivity contribution in [3.63, 3.8) is 0 Å².